The Bertz CT molecular complexity index is 1470. The summed E-state index contributed by atoms with van der Waals surface area (Å²) in [6.07, 6.45) is -5.19. The molecule has 1 aliphatic heterocycles. The van der Waals surface area contributed by atoms with Crippen molar-refractivity contribution >= 4 is 12.1 Å². The summed E-state index contributed by atoms with van der Waals surface area (Å²) >= 11 is 0. The van der Waals surface area contributed by atoms with Gasteiger partial charge in [-0.05, 0) is 47.0 Å². The molecule has 1 saturated heterocycles. The van der Waals surface area contributed by atoms with Gasteiger partial charge in [0, 0.05) is 33.2 Å². The number of carbonyl (C=O) groups excluding carboxylic acids is 1. The zero-order chi connectivity index (χ0) is 32.9. The van der Waals surface area contributed by atoms with Gasteiger partial charge in [0.1, 0.15) is 6.61 Å². The van der Waals surface area contributed by atoms with Crippen molar-refractivity contribution in [3.05, 3.63) is 103 Å². The summed E-state index contributed by atoms with van der Waals surface area (Å²) < 4.78 is 18.0. The number of benzene rings is 2. The van der Waals surface area contributed by atoms with Crippen LogP contribution in [0.25, 0.3) is 31.3 Å². The van der Waals surface area contributed by atoms with Gasteiger partial charge in [0.15, 0.2) is 6.29 Å². The van der Waals surface area contributed by atoms with E-state index in [0.717, 1.165) is 11.1 Å². The lowest BCUT2D eigenvalue weighted by molar-refractivity contribution is -0.250. The van der Waals surface area contributed by atoms with Crippen LogP contribution in [0.2, 0.25) is 0 Å². The van der Waals surface area contributed by atoms with E-state index in [1.54, 1.807) is 0 Å². The number of nitrogens with zero attached hydrogens (tertiary/aromatic N) is 10. The van der Waals surface area contributed by atoms with Crippen LogP contribution in [0, 0.1) is 5.92 Å². The highest BCUT2D eigenvalue weighted by Crippen LogP contribution is 2.36. The van der Waals surface area contributed by atoms with Crippen molar-refractivity contribution in [2.24, 2.45) is 21.3 Å². The number of ether oxygens (including phenoxy) is 3. The van der Waals surface area contributed by atoms with Crippen LogP contribution in [0.5, 0.6) is 0 Å². The minimum absolute atomic E-state index is 0.0654. The minimum Gasteiger partial charge on any atom is -0.481 e. The first-order chi connectivity index (χ1) is 22.3. The van der Waals surface area contributed by atoms with Crippen LogP contribution < -0.4 is 0 Å². The summed E-state index contributed by atoms with van der Waals surface area (Å²) in [6.45, 7) is 0.368. The number of hydrogen-bond acceptors (Lipinski definition) is 9. The van der Waals surface area contributed by atoms with E-state index >= 15 is 0 Å². The van der Waals surface area contributed by atoms with Crippen LogP contribution in [0.3, 0.4) is 0 Å². The van der Waals surface area contributed by atoms with Gasteiger partial charge in [0.25, 0.3) is 0 Å². The van der Waals surface area contributed by atoms with Crippen LogP contribution in [-0.2, 0) is 32.2 Å². The van der Waals surface area contributed by atoms with Gasteiger partial charge in [-0.15, -0.1) is 0 Å². The molecular weight excluding hydrogens is 600 g/mol. The molecule has 2 N–H and O–H groups in total. The number of carboxylic acid groups (broad SMARTS) is 1. The lowest BCUT2D eigenvalue weighted by Gasteiger charge is -2.44. The maximum Gasteiger partial charge on any atom is 0.410 e. The summed E-state index contributed by atoms with van der Waals surface area (Å²) in [4.78, 5) is 34.9. The smallest absolute Gasteiger partial charge is 0.410 e. The van der Waals surface area contributed by atoms with Gasteiger partial charge >= 0.3 is 12.1 Å². The molecule has 2 aromatic carbocycles. The number of aliphatic hydroxyl groups excluding tert-OH is 1. The van der Waals surface area contributed by atoms with E-state index in [1.165, 1.54) is 4.90 Å². The van der Waals surface area contributed by atoms with Crippen molar-refractivity contribution in [3.8, 4) is 0 Å². The van der Waals surface area contributed by atoms with Crippen molar-refractivity contribution in [2.75, 3.05) is 6.54 Å². The molecule has 8 atom stereocenters. The van der Waals surface area contributed by atoms with Gasteiger partial charge in [0.2, 0.25) is 0 Å². The van der Waals surface area contributed by atoms with Gasteiger partial charge in [0.05, 0.1) is 43.4 Å². The predicted octanol–water partition coefficient (Wildman–Crippen LogP) is 5.61. The Morgan fingerprint density at radius 1 is 0.891 bits per heavy atom. The lowest BCUT2D eigenvalue weighted by atomic mass is 9.76. The molecular formula is C29H34N10O7. The molecule has 46 heavy (non-hydrogen) atoms. The molecule has 242 valence electrons. The fraction of sp³-hybridized carbons (Fsp3) is 0.517. The van der Waals surface area contributed by atoms with Crippen molar-refractivity contribution in [3.63, 3.8) is 0 Å². The molecule has 1 amide bonds. The third kappa shape index (κ3) is 9.25. The van der Waals surface area contributed by atoms with E-state index < -0.39 is 67.1 Å². The standard InChI is InChI=1S/C29H34N10O7/c30-36-33-22-12-11-20(16-39(15-18-7-3-1-4-8-18)29(43)44-17-19-9-5-2-6-10-19)45-28(22)46-27-24(35-38-32)14-23(34-37-31)21(26(27)42)13-25(40)41/h1-10,20-24,26-28,42H,11-17H2,(H,40,41)/t20-,21-,22+,23+,24-,26-,27+,28+/m0/s1. The predicted molar refractivity (Wildman–Crippen MR) is 161 cm³/mol. The molecule has 17 nitrogen and oxygen atoms in total. The van der Waals surface area contributed by atoms with Gasteiger partial charge in [-0.2, -0.15) is 0 Å². The Labute approximate surface area is 263 Å². The highest BCUT2D eigenvalue weighted by molar-refractivity contribution is 5.68. The highest BCUT2D eigenvalue weighted by Gasteiger charge is 2.47. The van der Waals surface area contributed by atoms with Gasteiger partial charge in [-0.25, -0.2) is 4.79 Å². The van der Waals surface area contributed by atoms with Gasteiger partial charge in [-0.1, -0.05) is 76.0 Å². The largest absolute Gasteiger partial charge is 0.481 e. The minimum atomic E-state index is -1.53. The number of rotatable bonds is 13. The first kappa shape index (κ1) is 33.9. The average molecular weight is 635 g/mol. The first-order valence-electron chi connectivity index (χ1n) is 14.7. The Hall–Kier alpha value is -5.01. The molecule has 0 bridgehead atoms. The number of aliphatic hydroxyl groups is 1. The molecule has 0 radical (unpaired) electrons. The molecule has 1 saturated carbocycles. The molecule has 1 heterocycles. The van der Waals surface area contributed by atoms with E-state index in [0.29, 0.717) is 12.8 Å². The highest BCUT2D eigenvalue weighted by atomic mass is 16.7. The van der Waals surface area contributed by atoms with Crippen molar-refractivity contribution in [2.45, 2.75) is 81.6 Å². The fourth-order valence-corrected chi connectivity index (χ4v) is 5.76. The second kappa shape index (κ2) is 16.9. The van der Waals surface area contributed by atoms with E-state index in [-0.39, 0.29) is 26.1 Å². The van der Waals surface area contributed by atoms with Crippen molar-refractivity contribution < 1.29 is 34.0 Å². The quantitative estimate of drug-likeness (QED) is 0.160. The van der Waals surface area contributed by atoms with E-state index in [9.17, 15) is 30.9 Å². The number of hydrogen-bond donors (Lipinski definition) is 2. The molecule has 4 rings (SSSR count). The average Bonchev–Trinajstić information content (AvgIpc) is 3.05. The normalized spacial score (nSPS) is 27.2. The number of carbonyl (C=O) groups is 2. The lowest BCUT2D eigenvalue weighted by Crippen LogP contribution is -2.56. The maximum absolute atomic E-state index is 13.3. The number of amides is 1. The maximum atomic E-state index is 13.3. The summed E-state index contributed by atoms with van der Waals surface area (Å²) in [5.41, 5.74) is 29.1. The molecule has 0 unspecified atom stereocenters. The molecule has 2 fully saturated rings. The van der Waals surface area contributed by atoms with Crippen LogP contribution in [-0.4, -0.2) is 76.4 Å². The summed E-state index contributed by atoms with van der Waals surface area (Å²) in [7, 11) is 0. The van der Waals surface area contributed by atoms with Gasteiger partial charge < -0.3 is 29.3 Å². The van der Waals surface area contributed by atoms with Crippen molar-refractivity contribution in [1.82, 2.24) is 4.90 Å². The summed E-state index contributed by atoms with van der Waals surface area (Å²) in [5, 5.41) is 31.8. The van der Waals surface area contributed by atoms with Crippen LogP contribution in [0.4, 0.5) is 4.79 Å². The molecule has 2 aliphatic rings. The number of azide groups is 3. The third-order valence-electron chi connectivity index (χ3n) is 7.96. The molecule has 1 aliphatic carbocycles. The van der Waals surface area contributed by atoms with E-state index in [1.807, 2.05) is 60.7 Å². The molecule has 0 spiro atoms. The molecule has 2 aromatic rings. The zero-order valence-corrected chi connectivity index (χ0v) is 24.7. The van der Waals surface area contributed by atoms with E-state index in [4.69, 9.17) is 19.7 Å². The monoisotopic (exact) mass is 634 g/mol. The fourth-order valence-electron chi connectivity index (χ4n) is 5.76. The Kier molecular flexibility index (Phi) is 12.4. The second-order valence-electron chi connectivity index (χ2n) is 11.0. The van der Waals surface area contributed by atoms with Crippen LogP contribution in [0.1, 0.15) is 36.8 Å². The summed E-state index contributed by atoms with van der Waals surface area (Å²) in [6, 6.07) is 15.7. The van der Waals surface area contributed by atoms with Crippen molar-refractivity contribution in [1.29, 1.82) is 0 Å². The Morgan fingerprint density at radius 2 is 1.50 bits per heavy atom. The molecule has 0 aromatic heterocycles. The Balaban J connectivity index is 1.54. The topological polar surface area (TPSA) is 252 Å². The first-order valence-corrected chi connectivity index (χ1v) is 14.7. The van der Waals surface area contributed by atoms with Gasteiger partial charge in [-0.3, -0.25) is 4.79 Å². The molecule has 17 heteroatoms. The van der Waals surface area contributed by atoms with Crippen LogP contribution >= 0.6 is 0 Å². The second-order valence-corrected chi connectivity index (χ2v) is 11.0. The summed E-state index contributed by atoms with van der Waals surface area (Å²) in [5.74, 6) is -2.29. The van der Waals surface area contributed by atoms with Crippen LogP contribution in [0.15, 0.2) is 76.0 Å². The third-order valence-corrected chi connectivity index (χ3v) is 7.96. The Morgan fingerprint density at radius 3 is 2.13 bits per heavy atom. The number of carboxylic acids is 1. The number of aliphatic carboxylic acids is 1. The zero-order valence-electron chi connectivity index (χ0n) is 24.7. The SMILES string of the molecule is [N-]=[N+]=N[C@H]1C[C@@H](N=[N+]=[N-])[C@H](CC(=O)O)[C@H](O)[C@@H]1O[C@H]1O[C@H](CN(Cc2ccccc2)C(=O)OCc2ccccc2)CC[C@H]1N=[N+]=[N-]. The van der Waals surface area contributed by atoms with E-state index in [2.05, 4.69) is 30.1 Å².